The van der Waals surface area contributed by atoms with E-state index in [1.165, 1.54) is 0 Å². The zero-order valence-electron chi connectivity index (χ0n) is 14.5. The number of fused-ring (bicyclic) bond motifs is 1. The molecule has 0 aliphatic carbocycles. The van der Waals surface area contributed by atoms with Crippen LogP contribution in [0.3, 0.4) is 0 Å². The van der Waals surface area contributed by atoms with Gasteiger partial charge < -0.3 is 19.2 Å². The van der Waals surface area contributed by atoms with Crippen LogP contribution in [0.25, 0.3) is 11.1 Å². The molecule has 1 aromatic heterocycles. The van der Waals surface area contributed by atoms with Gasteiger partial charge in [-0.25, -0.2) is 0 Å². The van der Waals surface area contributed by atoms with Gasteiger partial charge in [0.15, 0.2) is 5.58 Å². The monoisotopic (exact) mass is 346 g/mol. The number of hydrogen-bond acceptors (Lipinski definition) is 7. The summed E-state index contributed by atoms with van der Waals surface area (Å²) in [6.45, 7) is 8.41. The Morgan fingerprint density at radius 2 is 1.64 bits per heavy atom. The molecule has 2 aliphatic rings. The molecule has 2 aromatic rings. The lowest BCUT2D eigenvalue weighted by atomic mass is 10.2. The number of aromatic nitrogens is 1. The molecule has 0 saturated carbocycles. The van der Waals surface area contributed by atoms with Crippen LogP contribution in [-0.2, 0) is 4.74 Å². The van der Waals surface area contributed by atoms with Crippen molar-refractivity contribution in [2.45, 2.75) is 6.10 Å². The number of aliphatic hydroxyl groups is 1. The number of rotatable bonds is 5. The first-order valence-corrected chi connectivity index (χ1v) is 9.09. The summed E-state index contributed by atoms with van der Waals surface area (Å²) in [6, 6.07) is 8.56. The average molecular weight is 346 g/mol. The van der Waals surface area contributed by atoms with Gasteiger partial charge in [0.25, 0.3) is 6.01 Å². The van der Waals surface area contributed by atoms with Gasteiger partial charge in [-0.1, -0.05) is 12.1 Å². The minimum Gasteiger partial charge on any atom is -0.423 e. The Balaban J connectivity index is 1.26. The number of nitrogens with zero attached hydrogens (tertiary/aromatic N) is 4. The molecule has 0 amide bonds. The molecular formula is C18H26N4O3. The van der Waals surface area contributed by atoms with Crippen LogP contribution in [0, 0.1) is 0 Å². The first kappa shape index (κ1) is 16.8. The summed E-state index contributed by atoms with van der Waals surface area (Å²) in [7, 11) is 0. The summed E-state index contributed by atoms with van der Waals surface area (Å²) in [5.74, 6) is 0. The zero-order chi connectivity index (χ0) is 17.1. The van der Waals surface area contributed by atoms with Gasteiger partial charge >= 0.3 is 0 Å². The highest BCUT2D eigenvalue weighted by Gasteiger charge is 2.23. The number of ether oxygens (including phenoxy) is 1. The standard InChI is InChI=1S/C18H26N4O3/c23-15(14-21-9-11-24-12-10-21)13-20-5-7-22(8-6-20)18-19-16-3-1-2-4-17(16)25-18/h1-4,15,23H,5-14H2/t15-/m1/s1. The van der Waals surface area contributed by atoms with Gasteiger partial charge in [-0.05, 0) is 12.1 Å². The molecule has 136 valence electrons. The number of anilines is 1. The summed E-state index contributed by atoms with van der Waals surface area (Å²) in [5, 5.41) is 10.4. The molecule has 4 rings (SSSR count). The Kier molecular flexibility index (Phi) is 5.17. The molecule has 3 heterocycles. The number of benzene rings is 1. The third kappa shape index (κ3) is 4.12. The number of aliphatic hydroxyl groups excluding tert-OH is 1. The van der Waals surface area contributed by atoms with Crippen molar-refractivity contribution in [1.82, 2.24) is 14.8 Å². The van der Waals surface area contributed by atoms with Gasteiger partial charge in [-0.3, -0.25) is 9.80 Å². The number of oxazole rings is 1. The van der Waals surface area contributed by atoms with Crippen LogP contribution < -0.4 is 4.90 Å². The van der Waals surface area contributed by atoms with Crippen LogP contribution in [0.5, 0.6) is 0 Å². The summed E-state index contributed by atoms with van der Waals surface area (Å²) >= 11 is 0. The molecule has 25 heavy (non-hydrogen) atoms. The van der Waals surface area contributed by atoms with Gasteiger partial charge in [0.2, 0.25) is 0 Å². The normalized spacial score (nSPS) is 21.7. The lowest BCUT2D eigenvalue weighted by Crippen LogP contribution is -2.51. The fraction of sp³-hybridized carbons (Fsp3) is 0.611. The fourth-order valence-electron chi connectivity index (χ4n) is 3.55. The lowest BCUT2D eigenvalue weighted by molar-refractivity contribution is 0.00651. The van der Waals surface area contributed by atoms with E-state index in [0.717, 1.165) is 76.7 Å². The van der Waals surface area contributed by atoms with Crippen molar-refractivity contribution >= 4 is 17.1 Å². The second-order valence-electron chi connectivity index (χ2n) is 6.82. The van der Waals surface area contributed by atoms with E-state index in [1.807, 2.05) is 24.3 Å². The van der Waals surface area contributed by atoms with Crippen molar-refractivity contribution in [3.8, 4) is 0 Å². The Bertz CT molecular complexity index is 645. The first-order valence-electron chi connectivity index (χ1n) is 9.09. The Hall–Kier alpha value is -1.67. The van der Waals surface area contributed by atoms with Crippen LogP contribution in [0.4, 0.5) is 6.01 Å². The fourth-order valence-corrected chi connectivity index (χ4v) is 3.55. The van der Waals surface area contributed by atoms with Crippen LogP contribution in [0.1, 0.15) is 0 Å². The topological polar surface area (TPSA) is 65.2 Å². The minimum atomic E-state index is -0.311. The van der Waals surface area contributed by atoms with Crippen LogP contribution >= 0.6 is 0 Å². The number of para-hydroxylation sites is 2. The maximum absolute atomic E-state index is 10.4. The van der Waals surface area contributed by atoms with Crippen LogP contribution in [0.2, 0.25) is 0 Å². The van der Waals surface area contributed by atoms with Crippen molar-refractivity contribution in [2.24, 2.45) is 0 Å². The summed E-state index contributed by atoms with van der Waals surface area (Å²) in [5.41, 5.74) is 1.74. The summed E-state index contributed by atoms with van der Waals surface area (Å²) in [6.07, 6.45) is -0.311. The van der Waals surface area contributed by atoms with E-state index in [4.69, 9.17) is 9.15 Å². The maximum atomic E-state index is 10.4. The van der Waals surface area contributed by atoms with Gasteiger partial charge in [0, 0.05) is 52.4 Å². The molecule has 0 bridgehead atoms. The predicted octanol–water partition coefficient (Wildman–Crippen LogP) is 0.643. The molecular weight excluding hydrogens is 320 g/mol. The van der Waals surface area contributed by atoms with Crippen molar-refractivity contribution in [3.05, 3.63) is 24.3 Å². The van der Waals surface area contributed by atoms with E-state index >= 15 is 0 Å². The molecule has 1 atom stereocenters. The predicted molar refractivity (Wildman–Crippen MR) is 95.9 cm³/mol. The Morgan fingerprint density at radius 3 is 2.36 bits per heavy atom. The Morgan fingerprint density at radius 1 is 0.960 bits per heavy atom. The van der Waals surface area contributed by atoms with E-state index in [0.29, 0.717) is 6.01 Å². The van der Waals surface area contributed by atoms with Crippen molar-refractivity contribution < 1.29 is 14.3 Å². The van der Waals surface area contributed by atoms with E-state index in [-0.39, 0.29) is 6.10 Å². The zero-order valence-corrected chi connectivity index (χ0v) is 14.5. The van der Waals surface area contributed by atoms with E-state index < -0.39 is 0 Å². The molecule has 7 heteroatoms. The number of morpholine rings is 1. The SMILES string of the molecule is O[C@@H](CN1CCOCC1)CN1CCN(c2nc3ccccc3o2)CC1. The molecule has 1 aromatic carbocycles. The molecule has 7 nitrogen and oxygen atoms in total. The number of hydrogen-bond donors (Lipinski definition) is 1. The van der Waals surface area contributed by atoms with Gasteiger partial charge in [0.1, 0.15) is 5.52 Å². The van der Waals surface area contributed by atoms with Crippen molar-refractivity contribution in [3.63, 3.8) is 0 Å². The second kappa shape index (κ2) is 7.70. The van der Waals surface area contributed by atoms with Gasteiger partial charge in [-0.2, -0.15) is 4.98 Å². The summed E-state index contributed by atoms with van der Waals surface area (Å²) < 4.78 is 11.2. The van der Waals surface area contributed by atoms with Crippen molar-refractivity contribution in [1.29, 1.82) is 0 Å². The maximum Gasteiger partial charge on any atom is 0.298 e. The molecule has 2 saturated heterocycles. The highest BCUT2D eigenvalue weighted by atomic mass is 16.5. The summed E-state index contributed by atoms with van der Waals surface area (Å²) in [4.78, 5) is 11.4. The third-order valence-electron chi connectivity index (χ3n) is 4.97. The molecule has 0 spiro atoms. The van der Waals surface area contributed by atoms with Gasteiger partial charge in [-0.15, -0.1) is 0 Å². The molecule has 0 radical (unpaired) electrons. The lowest BCUT2D eigenvalue weighted by Gasteiger charge is -2.36. The van der Waals surface area contributed by atoms with Crippen LogP contribution in [-0.4, -0.2) is 91.6 Å². The largest absolute Gasteiger partial charge is 0.423 e. The van der Waals surface area contributed by atoms with Crippen molar-refractivity contribution in [2.75, 3.05) is 70.5 Å². The van der Waals surface area contributed by atoms with E-state index in [1.54, 1.807) is 0 Å². The third-order valence-corrected chi connectivity index (χ3v) is 4.97. The quantitative estimate of drug-likeness (QED) is 0.852. The van der Waals surface area contributed by atoms with E-state index in [2.05, 4.69) is 19.7 Å². The van der Waals surface area contributed by atoms with Crippen LogP contribution in [0.15, 0.2) is 28.7 Å². The average Bonchev–Trinajstić information content (AvgIpc) is 3.07. The number of piperazine rings is 1. The van der Waals surface area contributed by atoms with E-state index in [9.17, 15) is 5.11 Å². The number of β-amino-alcohol motifs (C(OH)–C–C–N with tert-alkyl or cyclic N) is 1. The molecule has 1 N–H and O–H groups in total. The molecule has 0 unspecified atom stereocenters. The first-order chi connectivity index (χ1) is 12.3. The smallest absolute Gasteiger partial charge is 0.298 e. The highest BCUT2D eigenvalue weighted by molar-refractivity contribution is 5.74. The molecule has 2 aliphatic heterocycles. The Labute approximate surface area is 147 Å². The highest BCUT2D eigenvalue weighted by Crippen LogP contribution is 2.22. The minimum absolute atomic E-state index is 0.311. The second-order valence-corrected chi connectivity index (χ2v) is 6.82. The van der Waals surface area contributed by atoms with Gasteiger partial charge in [0.05, 0.1) is 19.3 Å². The molecule has 2 fully saturated rings.